The Hall–Kier alpha value is -0.770. The van der Waals surface area contributed by atoms with E-state index in [-0.39, 0.29) is 5.92 Å². The summed E-state index contributed by atoms with van der Waals surface area (Å²) in [5.41, 5.74) is 0. The molecule has 0 aliphatic carbocycles. The summed E-state index contributed by atoms with van der Waals surface area (Å²) in [7, 11) is 0. The summed E-state index contributed by atoms with van der Waals surface area (Å²) >= 11 is 0. The van der Waals surface area contributed by atoms with Crippen molar-refractivity contribution in [3.63, 3.8) is 0 Å². The summed E-state index contributed by atoms with van der Waals surface area (Å²) in [6, 6.07) is 1.89. The lowest BCUT2D eigenvalue weighted by Crippen LogP contribution is -1.77. The average molecular weight is 80.1 g/mol. The maximum Gasteiger partial charge on any atom is 0.0697 e. The molecule has 31 valence electrons. The Labute approximate surface area is 37.9 Å². The first-order chi connectivity index (χ1) is 2.81. The highest BCUT2D eigenvalue weighted by Gasteiger charge is 1.83. The third kappa shape index (κ3) is 1.54. The second-order valence-corrected chi connectivity index (χ2v) is 0.971. The molecule has 6 heavy (non-hydrogen) atoms. The quantitative estimate of drug-likeness (QED) is 0.433. The van der Waals surface area contributed by atoms with E-state index in [1.165, 1.54) is 6.08 Å². The molecule has 0 saturated heterocycles. The van der Waals surface area contributed by atoms with Crippen molar-refractivity contribution in [1.29, 1.82) is 5.26 Å². The molecule has 0 aromatic heterocycles. The Kier molecular flexibility index (Phi) is 2.15. The van der Waals surface area contributed by atoms with E-state index in [1.54, 1.807) is 0 Å². The maximum atomic E-state index is 7.95. The van der Waals surface area contributed by atoms with E-state index >= 15 is 0 Å². The van der Waals surface area contributed by atoms with Crippen LogP contribution in [-0.2, 0) is 0 Å². The molecule has 0 saturated carbocycles. The van der Waals surface area contributed by atoms with Crippen LogP contribution < -0.4 is 0 Å². The van der Waals surface area contributed by atoms with Crippen LogP contribution in [0, 0.1) is 24.2 Å². The highest BCUT2D eigenvalue weighted by molar-refractivity contribution is 4.96. The van der Waals surface area contributed by atoms with Gasteiger partial charge in [-0.2, -0.15) is 5.26 Å². The molecular weight excluding hydrogens is 74.1 g/mol. The van der Waals surface area contributed by atoms with Gasteiger partial charge in [0.15, 0.2) is 0 Å². The predicted molar refractivity (Wildman–Crippen MR) is 24.7 cm³/mol. The van der Waals surface area contributed by atoms with E-state index in [2.05, 4.69) is 13.5 Å². The first-order valence-corrected chi connectivity index (χ1v) is 1.66. The van der Waals surface area contributed by atoms with Crippen LogP contribution in [0.3, 0.4) is 0 Å². The van der Waals surface area contributed by atoms with Crippen molar-refractivity contribution in [3.8, 4) is 6.07 Å². The van der Waals surface area contributed by atoms with E-state index < -0.39 is 0 Å². The minimum absolute atomic E-state index is 0.245. The number of nitrogens with zero attached hydrogens (tertiary/aromatic N) is 1. The van der Waals surface area contributed by atoms with Crippen LogP contribution in [0.15, 0.2) is 12.7 Å². The van der Waals surface area contributed by atoms with Gasteiger partial charge >= 0.3 is 0 Å². The molecule has 0 aromatic carbocycles. The fourth-order valence-electron chi connectivity index (χ4n) is 0.0527. The predicted octanol–water partition coefficient (Wildman–Crippen LogP) is 1.15. The van der Waals surface area contributed by atoms with E-state index in [9.17, 15) is 0 Å². The number of rotatable bonds is 1. The van der Waals surface area contributed by atoms with E-state index in [4.69, 9.17) is 5.26 Å². The van der Waals surface area contributed by atoms with Gasteiger partial charge in [-0.3, -0.25) is 0 Å². The van der Waals surface area contributed by atoms with Gasteiger partial charge in [-0.25, -0.2) is 0 Å². The zero-order valence-corrected chi connectivity index (χ0v) is 3.52. The molecule has 1 atom stereocenters. The van der Waals surface area contributed by atoms with Crippen molar-refractivity contribution in [2.45, 2.75) is 0 Å². The largest absolute Gasteiger partial charge is 0.198 e. The van der Waals surface area contributed by atoms with Crippen molar-refractivity contribution in [2.24, 2.45) is 5.92 Å². The first kappa shape index (κ1) is 5.23. The lowest BCUT2D eigenvalue weighted by molar-refractivity contribution is 1.08. The normalized spacial score (nSPS) is 12.0. The van der Waals surface area contributed by atoms with E-state index in [0.717, 1.165) is 0 Å². The van der Waals surface area contributed by atoms with Crippen molar-refractivity contribution in [2.75, 3.05) is 0 Å². The van der Waals surface area contributed by atoms with Crippen LogP contribution in [0.4, 0.5) is 0 Å². The Bertz CT molecular complexity index is 78.4. The molecular formula is C5H6N. The Morgan fingerprint density at radius 1 is 1.83 bits per heavy atom. The summed E-state index contributed by atoms with van der Waals surface area (Å²) in [6.07, 6.45) is 1.50. The third-order valence-electron chi connectivity index (χ3n) is 0.450. The summed E-state index contributed by atoms with van der Waals surface area (Å²) in [4.78, 5) is 0. The van der Waals surface area contributed by atoms with Crippen LogP contribution in [0.1, 0.15) is 0 Å². The van der Waals surface area contributed by atoms with Gasteiger partial charge in [-0.15, -0.1) is 6.58 Å². The van der Waals surface area contributed by atoms with Crippen LogP contribution in [0.5, 0.6) is 0 Å². The summed E-state index contributed by atoms with van der Waals surface area (Å²) < 4.78 is 0. The van der Waals surface area contributed by atoms with Gasteiger partial charge in [0.25, 0.3) is 0 Å². The number of nitriles is 1. The van der Waals surface area contributed by atoms with Gasteiger partial charge < -0.3 is 0 Å². The van der Waals surface area contributed by atoms with Crippen LogP contribution in [0.2, 0.25) is 0 Å². The highest BCUT2D eigenvalue weighted by atomic mass is 14.2. The molecule has 0 heterocycles. The van der Waals surface area contributed by atoms with Gasteiger partial charge in [0.1, 0.15) is 0 Å². The number of hydrogen-bond donors (Lipinski definition) is 0. The molecule has 0 bridgehead atoms. The smallest absolute Gasteiger partial charge is 0.0697 e. The van der Waals surface area contributed by atoms with Gasteiger partial charge in [0.2, 0.25) is 0 Å². The van der Waals surface area contributed by atoms with E-state index in [1.807, 2.05) is 6.07 Å². The van der Waals surface area contributed by atoms with Crippen molar-refractivity contribution < 1.29 is 0 Å². The Balaban J connectivity index is 3.30. The molecule has 1 heteroatoms. The van der Waals surface area contributed by atoms with E-state index in [0.29, 0.717) is 0 Å². The molecule has 1 radical (unpaired) electrons. The van der Waals surface area contributed by atoms with Crippen LogP contribution >= 0.6 is 0 Å². The molecule has 0 spiro atoms. The standard InChI is InChI=1S/C5H6N/c1-3-5(2)4-6/h3,5H,1-2H2. The lowest BCUT2D eigenvalue weighted by atomic mass is 10.2. The second-order valence-electron chi connectivity index (χ2n) is 0.971. The monoisotopic (exact) mass is 80.1 g/mol. The number of hydrogen-bond acceptors (Lipinski definition) is 1. The Morgan fingerprint density at radius 3 is 2.33 bits per heavy atom. The zero-order valence-electron chi connectivity index (χ0n) is 3.52. The van der Waals surface area contributed by atoms with Crippen molar-refractivity contribution >= 4 is 0 Å². The zero-order chi connectivity index (χ0) is 4.99. The van der Waals surface area contributed by atoms with Crippen LogP contribution in [0.25, 0.3) is 0 Å². The SMILES string of the molecule is [CH2]C(C#N)C=C. The topological polar surface area (TPSA) is 23.8 Å². The highest BCUT2D eigenvalue weighted by Crippen LogP contribution is 1.86. The van der Waals surface area contributed by atoms with Gasteiger partial charge in [-0.05, 0) is 6.92 Å². The first-order valence-electron chi connectivity index (χ1n) is 1.66. The molecule has 1 unspecified atom stereocenters. The molecule has 1 nitrogen and oxygen atoms in total. The van der Waals surface area contributed by atoms with Gasteiger partial charge in [0, 0.05) is 0 Å². The number of allylic oxidation sites excluding steroid dienone is 1. The summed E-state index contributed by atoms with van der Waals surface area (Å²) in [6.45, 7) is 6.74. The molecule has 0 aliphatic heterocycles. The van der Waals surface area contributed by atoms with Gasteiger partial charge in [0.05, 0.1) is 12.0 Å². The minimum Gasteiger partial charge on any atom is -0.198 e. The third-order valence-corrected chi connectivity index (χ3v) is 0.450. The molecule has 0 aliphatic rings. The fraction of sp³-hybridized carbons (Fsp3) is 0.200. The second kappa shape index (κ2) is 2.47. The average Bonchev–Trinajstić information content (AvgIpc) is 1.65. The molecule has 0 fully saturated rings. The minimum atomic E-state index is -0.245. The summed E-state index contributed by atoms with van der Waals surface area (Å²) in [5.74, 6) is -0.245. The van der Waals surface area contributed by atoms with Gasteiger partial charge in [-0.1, -0.05) is 6.08 Å². The maximum absolute atomic E-state index is 7.95. The van der Waals surface area contributed by atoms with Crippen molar-refractivity contribution in [1.82, 2.24) is 0 Å². The fourth-order valence-corrected chi connectivity index (χ4v) is 0.0527. The van der Waals surface area contributed by atoms with Crippen molar-refractivity contribution in [3.05, 3.63) is 19.6 Å². The molecule has 0 amide bonds. The molecule has 0 rings (SSSR count). The summed E-state index contributed by atoms with van der Waals surface area (Å²) in [5, 5.41) is 7.95. The van der Waals surface area contributed by atoms with Crippen LogP contribution in [-0.4, -0.2) is 0 Å². The Morgan fingerprint density at radius 2 is 2.33 bits per heavy atom. The molecule has 0 aromatic rings. The molecule has 0 N–H and O–H groups in total. The lowest BCUT2D eigenvalue weighted by Gasteiger charge is -1.80.